The van der Waals surface area contributed by atoms with Gasteiger partial charge in [0.25, 0.3) is 5.69 Å². The SMILES string of the molecule is O=C(O)c1ccc(Br)cc1Sc1cc(Cl)ccc1[N+](=O)[O-]. The van der Waals surface area contributed by atoms with Crippen molar-refractivity contribution >= 4 is 50.9 Å². The van der Waals surface area contributed by atoms with Gasteiger partial charge in [-0.05, 0) is 30.3 Å². The molecule has 2 aromatic carbocycles. The number of hydrogen-bond donors (Lipinski definition) is 1. The molecular formula is C13H7BrClNO4S. The number of nitro benzene ring substituents is 1. The van der Waals surface area contributed by atoms with E-state index in [-0.39, 0.29) is 16.1 Å². The number of halogens is 2. The number of aromatic carboxylic acids is 1. The molecule has 0 aromatic heterocycles. The van der Waals surface area contributed by atoms with Crippen molar-refractivity contribution in [2.24, 2.45) is 0 Å². The van der Waals surface area contributed by atoms with Crippen LogP contribution >= 0.6 is 39.3 Å². The lowest BCUT2D eigenvalue weighted by Gasteiger charge is -2.07. The number of nitrogens with zero attached hydrogens (tertiary/aromatic N) is 1. The summed E-state index contributed by atoms with van der Waals surface area (Å²) < 4.78 is 0.680. The summed E-state index contributed by atoms with van der Waals surface area (Å²) in [6.07, 6.45) is 0. The maximum atomic E-state index is 11.2. The van der Waals surface area contributed by atoms with Crippen molar-refractivity contribution in [3.63, 3.8) is 0 Å². The lowest BCUT2D eigenvalue weighted by Crippen LogP contribution is -1.99. The topological polar surface area (TPSA) is 80.4 Å². The van der Waals surface area contributed by atoms with Crippen molar-refractivity contribution in [1.82, 2.24) is 0 Å². The van der Waals surface area contributed by atoms with E-state index in [9.17, 15) is 20.0 Å². The number of benzene rings is 2. The second-order valence-corrected chi connectivity index (χ2v) is 6.35. The van der Waals surface area contributed by atoms with Gasteiger partial charge in [-0.2, -0.15) is 0 Å². The van der Waals surface area contributed by atoms with Gasteiger partial charge >= 0.3 is 5.97 Å². The molecule has 0 radical (unpaired) electrons. The molecule has 0 atom stereocenters. The normalized spacial score (nSPS) is 10.4. The van der Waals surface area contributed by atoms with Gasteiger partial charge in [0.1, 0.15) is 0 Å². The number of rotatable bonds is 4. The van der Waals surface area contributed by atoms with Crippen molar-refractivity contribution in [2.75, 3.05) is 0 Å². The first-order chi connectivity index (χ1) is 9.88. The zero-order valence-electron chi connectivity index (χ0n) is 10.2. The zero-order chi connectivity index (χ0) is 15.6. The number of carbonyl (C=O) groups is 1. The first-order valence-corrected chi connectivity index (χ1v) is 7.52. The van der Waals surface area contributed by atoms with E-state index in [1.807, 2.05) is 0 Å². The van der Waals surface area contributed by atoms with Crippen molar-refractivity contribution in [3.05, 3.63) is 61.6 Å². The summed E-state index contributed by atoms with van der Waals surface area (Å²) >= 11 is 10.1. The molecule has 0 aliphatic rings. The molecule has 8 heteroatoms. The summed E-state index contributed by atoms with van der Waals surface area (Å²) in [6, 6.07) is 8.78. The third-order valence-electron chi connectivity index (χ3n) is 2.51. The van der Waals surface area contributed by atoms with Crippen LogP contribution in [0.15, 0.2) is 50.7 Å². The van der Waals surface area contributed by atoms with Crippen LogP contribution in [0.25, 0.3) is 0 Å². The highest BCUT2D eigenvalue weighted by atomic mass is 79.9. The molecule has 0 aliphatic heterocycles. The van der Waals surface area contributed by atoms with Crippen LogP contribution in [-0.4, -0.2) is 16.0 Å². The minimum Gasteiger partial charge on any atom is -0.478 e. The van der Waals surface area contributed by atoms with Gasteiger partial charge in [0.15, 0.2) is 0 Å². The molecule has 0 aliphatic carbocycles. The maximum Gasteiger partial charge on any atom is 0.336 e. The Bertz CT molecular complexity index is 677. The van der Waals surface area contributed by atoms with Crippen LogP contribution in [0.5, 0.6) is 0 Å². The fraction of sp³-hybridized carbons (Fsp3) is 0. The molecule has 2 aromatic rings. The molecule has 0 unspecified atom stereocenters. The average molecular weight is 389 g/mol. The van der Waals surface area contributed by atoms with Gasteiger partial charge in [-0.3, -0.25) is 10.1 Å². The average Bonchev–Trinajstić information content (AvgIpc) is 2.38. The molecule has 0 heterocycles. The van der Waals surface area contributed by atoms with E-state index < -0.39 is 10.9 Å². The van der Waals surface area contributed by atoms with Gasteiger partial charge in [0.2, 0.25) is 0 Å². The number of nitro groups is 1. The largest absolute Gasteiger partial charge is 0.478 e. The summed E-state index contributed by atoms with van der Waals surface area (Å²) in [4.78, 5) is 22.4. The minimum atomic E-state index is -1.10. The van der Waals surface area contributed by atoms with E-state index in [1.165, 1.54) is 24.3 Å². The molecular weight excluding hydrogens is 382 g/mol. The molecule has 2 rings (SSSR count). The monoisotopic (exact) mass is 387 g/mol. The molecule has 108 valence electrons. The van der Waals surface area contributed by atoms with Crippen molar-refractivity contribution in [1.29, 1.82) is 0 Å². The van der Waals surface area contributed by atoms with Gasteiger partial charge < -0.3 is 5.11 Å². The predicted molar refractivity (Wildman–Crippen MR) is 83.3 cm³/mol. The fourth-order valence-corrected chi connectivity index (χ4v) is 3.47. The molecule has 1 N–H and O–H groups in total. The quantitative estimate of drug-likeness (QED) is 0.597. The first kappa shape index (κ1) is 15.8. The van der Waals surface area contributed by atoms with Crippen molar-refractivity contribution < 1.29 is 14.8 Å². The second-order valence-electron chi connectivity index (χ2n) is 3.92. The number of carboxylic acid groups (broad SMARTS) is 1. The molecule has 0 saturated heterocycles. The van der Waals surface area contributed by atoms with Crippen LogP contribution in [0.4, 0.5) is 5.69 Å². The van der Waals surface area contributed by atoms with E-state index in [0.29, 0.717) is 14.4 Å². The number of carboxylic acids is 1. The third kappa shape index (κ3) is 3.75. The molecule has 0 amide bonds. The van der Waals surface area contributed by atoms with E-state index >= 15 is 0 Å². The van der Waals surface area contributed by atoms with Gasteiger partial charge in [-0.15, -0.1) is 0 Å². The Labute approximate surface area is 137 Å². The Morgan fingerprint density at radius 3 is 2.57 bits per heavy atom. The smallest absolute Gasteiger partial charge is 0.336 e. The predicted octanol–water partition coefficient (Wildman–Crippen LogP) is 4.86. The lowest BCUT2D eigenvalue weighted by atomic mass is 10.2. The highest BCUT2D eigenvalue weighted by Gasteiger charge is 2.18. The Hall–Kier alpha value is -1.57. The summed E-state index contributed by atoms with van der Waals surface area (Å²) in [5.41, 5.74) is -0.0572. The summed E-state index contributed by atoms with van der Waals surface area (Å²) in [5.74, 6) is -1.10. The first-order valence-electron chi connectivity index (χ1n) is 5.53. The Kier molecular flexibility index (Phi) is 4.87. The Morgan fingerprint density at radius 2 is 1.95 bits per heavy atom. The van der Waals surface area contributed by atoms with Crippen LogP contribution in [-0.2, 0) is 0 Å². The molecule has 5 nitrogen and oxygen atoms in total. The van der Waals surface area contributed by atoms with Crippen LogP contribution in [0.3, 0.4) is 0 Å². The lowest BCUT2D eigenvalue weighted by molar-refractivity contribution is -0.387. The van der Waals surface area contributed by atoms with Gasteiger partial charge in [-0.25, -0.2) is 4.79 Å². The molecule has 0 spiro atoms. The standard InChI is InChI=1S/C13H7BrClNO4S/c14-7-1-3-9(13(17)18)11(5-7)21-12-6-8(15)2-4-10(12)16(19)20/h1-6H,(H,17,18). The van der Waals surface area contributed by atoms with Crippen molar-refractivity contribution in [3.8, 4) is 0 Å². The summed E-state index contributed by atoms with van der Waals surface area (Å²) in [5, 5.41) is 20.6. The number of hydrogen-bond acceptors (Lipinski definition) is 4. The van der Waals surface area contributed by atoms with E-state index in [4.69, 9.17) is 11.6 Å². The van der Waals surface area contributed by atoms with Crippen molar-refractivity contribution in [2.45, 2.75) is 9.79 Å². The van der Waals surface area contributed by atoms with Gasteiger partial charge in [0, 0.05) is 20.5 Å². The molecule has 0 fully saturated rings. The minimum absolute atomic E-state index is 0.0671. The van der Waals surface area contributed by atoms with Crippen LogP contribution in [0, 0.1) is 10.1 Å². The van der Waals surface area contributed by atoms with Crippen LogP contribution in [0.2, 0.25) is 5.02 Å². The zero-order valence-corrected chi connectivity index (χ0v) is 13.4. The fourth-order valence-electron chi connectivity index (χ4n) is 1.60. The van der Waals surface area contributed by atoms with Crippen LogP contribution < -0.4 is 0 Å². The highest BCUT2D eigenvalue weighted by molar-refractivity contribution is 9.10. The van der Waals surface area contributed by atoms with E-state index in [1.54, 1.807) is 12.1 Å². The molecule has 21 heavy (non-hydrogen) atoms. The summed E-state index contributed by atoms with van der Waals surface area (Å²) in [7, 11) is 0. The summed E-state index contributed by atoms with van der Waals surface area (Å²) in [6.45, 7) is 0. The van der Waals surface area contributed by atoms with Gasteiger partial charge in [-0.1, -0.05) is 39.3 Å². The Balaban J connectivity index is 2.52. The van der Waals surface area contributed by atoms with E-state index in [0.717, 1.165) is 11.8 Å². The van der Waals surface area contributed by atoms with E-state index in [2.05, 4.69) is 15.9 Å². The third-order valence-corrected chi connectivity index (χ3v) is 4.35. The molecule has 0 saturated carbocycles. The molecule has 0 bridgehead atoms. The second kappa shape index (κ2) is 6.46. The van der Waals surface area contributed by atoms with Crippen LogP contribution in [0.1, 0.15) is 10.4 Å². The highest BCUT2D eigenvalue weighted by Crippen LogP contribution is 2.39. The van der Waals surface area contributed by atoms with Gasteiger partial charge in [0.05, 0.1) is 15.4 Å². The maximum absolute atomic E-state index is 11.2. The Morgan fingerprint density at radius 1 is 1.24 bits per heavy atom.